The molecular formula is C11H9BrF3NO. The van der Waals surface area contributed by atoms with Crippen LogP contribution in [0.5, 0.6) is 0 Å². The van der Waals surface area contributed by atoms with Crippen molar-refractivity contribution in [1.82, 2.24) is 4.57 Å². The summed E-state index contributed by atoms with van der Waals surface area (Å²) in [5.41, 5.74) is 0.843. The summed E-state index contributed by atoms with van der Waals surface area (Å²) in [5.74, 6) is 0. The van der Waals surface area contributed by atoms with Gasteiger partial charge in [0.1, 0.15) is 13.3 Å². The van der Waals surface area contributed by atoms with Crippen LogP contribution in [0, 0.1) is 0 Å². The molecule has 0 atom stereocenters. The van der Waals surface area contributed by atoms with E-state index in [-0.39, 0.29) is 6.73 Å². The van der Waals surface area contributed by atoms with Gasteiger partial charge in [0, 0.05) is 16.1 Å². The molecule has 1 heterocycles. The summed E-state index contributed by atoms with van der Waals surface area (Å²) in [7, 11) is 0. The predicted octanol–water partition coefficient (Wildman–Crippen LogP) is 3.94. The fraction of sp³-hybridized carbons (Fsp3) is 0.273. The van der Waals surface area contributed by atoms with Gasteiger partial charge in [0.2, 0.25) is 0 Å². The van der Waals surface area contributed by atoms with Crippen molar-refractivity contribution in [2.45, 2.75) is 12.9 Å². The standard InChI is InChI=1S/C11H9BrF3NO/c12-9-1-2-10-8(5-9)3-4-16(10)7-17-6-11(13,14)15/h1-5H,6-7H2. The van der Waals surface area contributed by atoms with E-state index >= 15 is 0 Å². The Kier molecular flexibility index (Phi) is 3.44. The normalized spacial score (nSPS) is 12.2. The molecule has 6 heteroatoms. The van der Waals surface area contributed by atoms with Crippen LogP contribution < -0.4 is 0 Å². The molecule has 0 unspecified atom stereocenters. The molecule has 92 valence electrons. The number of nitrogens with zero attached hydrogens (tertiary/aromatic N) is 1. The molecule has 0 saturated heterocycles. The first kappa shape index (κ1) is 12.4. The number of fused-ring (bicyclic) bond motifs is 1. The van der Waals surface area contributed by atoms with E-state index in [9.17, 15) is 13.2 Å². The van der Waals surface area contributed by atoms with Crippen molar-refractivity contribution < 1.29 is 17.9 Å². The van der Waals surface area contributed by atoms with Crippen molar-refractivity contribution in [3.8, 4) is 0 Å². The molecule has 0 amide bonds. The third kappa shape index (κ3) is 3.23. The third-order valence-corrected chi connectivity index (χ3v) is 2.72. The molecule has 0 radical (unpaired) electrons. The monoisotopic (exact) mass is 307 g/mol. The van der Waals surface area contributed by atoms with E-state index in [0.29, 0.717) is 0 Å². The van der Waals surface area contributed by atoms with Crippen molar-refractivity contribution in [3.05, 3.63) is 34.9 Å². The predicted molar refractivity (Wildman–Crippen MR) is 61.6 cm³/mol. The molecule has 0 fully saturated rings. The maximum absolute atomic E-state index is 11.9. The van der Waals surface area contributed by atoms with Gasteiger partial charge in [0.25, 0.3) is 0 Å². The summed E-state index contributed by atoms with van der Waals surface area (Å²) in [6.45, 7) is -1.34. The van der Waals surface area contributed by atoms with Crippen LogP contribution in [0.25, 0.3) is 10.9 Å². The lowest BCUT2D eigenvalue weighted by molar-refractivity contribution is -0.181. The Labute approximate surface area is 104 Å². The van der Waals surface area contributed by atoms with E-state index in [1.807, 2.05) is 24.3 Å². The van der Waals surface area contributed by atoms with Gasteiger partial charge < -0.3 is 9.30 Å². The van der Waals surface area contributed by atoms with Crippen LogP contribution in [0.3, 0.4) is 0 Å². The maximum Gasteiger partial charge on any atom is 0.411 e. The topological polar surface area (TPSA) is 14.2 Å². The van der Waals surface area contributed by atoms with Gasteiger partial charge in [0.05, 0.1) is 5.52 Å². The molecule has 2 aromatic rings. The summed E-state index contributed by atoms with van der Waals surface area (Å²) in [6, 6.07) is 7.39. The van der Waals surface area contributed by atoms with Gasteiger partial charge in [-0.25, -0.2) is 0 Å². The zero-order chi connectivity index (χ0) is 12.5. The van der Waals surface area contributed by atoms with Gasteiger partial charge in [-0.3, -0.25) is 0 Å². The number of benzene rings is 1. The zero-order valence-corrected chi connectivity index (χ0v) is 10.3. The molecule has 0 aliphatic carbocycles. The Morgan fingerprint density at radius 2 is 2.00 bits per heavy atom. The van der Waals surface area contributed by atoms with E-state index in [1.165, 1.54) is 0 Å². The number of hydrogen-bond donors (Lipinski definition) is 0. The second-order valence-corrected chi connectivity index (χ2v) is 4.50. The van der Waals surface area contributed by atoms with Crippen molar-refractivity contribution in [3.63, 3.8) is 0 Å². The highest BCUT2D eigenvalue weighted by molar-refractivity contribution is 9.10. The number of halogens is 4. The van der Waals surface area contributed by atoms with E-state index < -0.39 is 12.8 Å². The Hall–Kier alpha value is -1.01. The maximum atomic E-state index is 11.9. The Morgan fingerprint density at radius 1 is 1.24 bits per heavy atom. The molecule has 17 heavy (non-hydrogen) atoms. The fourth-order valence-electron chi connectivity index (χ4n) is 1.54. The highest BCUT2D eigenvalue weighted by Crippen LogP contribution is 2.21. The summed E-state index contributed by atoms with van der Waals surface area (Å²) in [6.07, 6.45) is -2.58. The first-order chi connectivity index (χ1) is 7.96. The van der Waals surface area contributed by atoms with Gasteiger partial charge in [-0.05, 0) is 24.3 Å². The zero-order valence-electron chi connectivity index (χ0n) is 8.67. The van der Waals surface area contributed by atoms with Crippen LogP contribution in [-0.4, -0.2) is 17.4 Å². The lowest BCUT2D eigenvalue weighted by Crippen LogP contribution is -2.18. The lowest BCUT2D eigenvalue weighted by Gasteiger charge is -2.09. The van der Waals surface area contributed by atoms with Crippen LogP contribution in [0.15, 0.2) is 34.9 Å². The van der Waals surface area contributed by atoms with Gasteiger partial charge in [-0.1, -0.05) is 15.9 Å². The first-order valence-electron chi connectivity index (χ1n) is 4.84. The molecule has 2 rings (SSSR count). The van der Waals surface area contributed by atoms with Crippen molar-refractivity contribution in [2.75, 3.05) is 6.61 Å². The molecule has 0 spiro atoms. The van der Waals surface area contributed by atoms with Gasteiger partial charge in [-0.2, -0.15) is 13.2 Å². The minimum absolute atomic E-state index is 0.107. The lowest BCUT2D eigenvalue weighted by atomic mass is 10.2. The second-order valence-electron chi connectivity index (χ2n) is 3.58. The molecular weight excluding hydrogens is 299 g/mol. The largest absolute Gasteiger partial charge is 0.411 e. The SMILES string of the molecule is FC(F)(F)COCn1ccc2cc(Br)ccc21. The molecule has 1 aromatic heterocycles. The minimum Gasteiger partial charge on any atom is -0.351 e. The number of rotatable bonds is 3. The summed E-state index contributed by atoms with van der Waals surface area (Å²) >= 11 is 3.33. The fourth-order valence-corrected chi connectivity index (χ4v) is 1.92. The summed E-state index contributed by atoms with van der Waals surface area (Å²) < 4.78 is 42.9. The van der Waals surface area contributed by atoms with Crippen LogP contribution in [0.1, 0.15) is 0 Å². The van der Waals surface area contributed by atoms with E-state index in [0.717, 1.165) is 15.4 Å². The van der Waals surface area contributed by atoms with Crippen molar-refractivity contribution in [1.29, 1.82) is 0 Å². The van der Waals surface area contributed by atoms with Crippen LogP contribution in [-0.2, 0) is 11.5 Å². The van der Waals surface area contributed by atoms with Crippen molar-refractivity contribution in [2.24, 2.45) is 0 Å². The van der Waals surface area contributed by atoms with Gasteiger partial charge in [-0.15, -0.1) is 0 Å². The van der Waals surface area contributed by atoms with Gasteiger partial charge >= 0.3 is 6.18 Å². The average Bonchev–Trinajstić information content (AvgIpc) is 2.59. The smallest absolute Gasteiger partial charge is 0.351 e. The molecule has 2 nitrogen and oxygen atoms in total. The highest BCUT2D eigenvalue weighted by atomic mass is 79.9. The van der Waals surface area contributed by atoms with Crippen molar-refractivity contribution >= 4 is 26.8 Å². The highest BCUT2D eigenvalue weighted by Gasteiger charge is 2.27. The Bertz CT molecular complexity index is 521. The number of aromatic nitrogens is 1. The average molecular weight is 308 g/mol. The van der Waals surface area contributed by atoms with Crippen LogP contribution in [0.2, 0.25) is 0 Å². The molecule has 0 N–H and O–H groups in total. The second kappa shape index (κ2) is 4.70. The third-order valence-electron chi connectivity index (χ3n) is 2.23. The minimum atomic E-state index is -4.29. The molecule has 0 aliphatic heterocycles. The summed E-state index contributed by atoms with van der Waals surface area (Å²) in [4.78, 5) is 0. The van der Waals surface area contributed by atoms with E-state index in [1.54, 1.807) is 10.8 Å². The van der Waals surface area contributed by atoms with E-state index in [4.69, 9.17) is 0 Å². The number of ether oxygens (including phenoxy) is 1. The summed E-state index contributed by atoms with van der Waals surface area (Å²) in [5, 5.41) is 0.954. The molecule has 0 aliphatic rings. The Balaban J connectivity index is 2.09. The van der Waals surface area contributed by atoms with Gasteiger partial charge in [0.15, 0.2) is 0 Å². The first-order valence-corrected chi connectivity index (χ1v) is 5.64. The number of hydrogen-bond acceptors (Lipinski definition) is 1. The molecule has 0 saturated carbocycles. The quantitative estimate of drug-likeness (QED) is 0.838. The number of alkyl halides is 3. The molecule has 1 aromatic carbocycles. The molecule has 0 bridgehead atoms. The van der Waals surface area contributed by atoms with E-state index in [2.05, 4.69) is 20.7 Å². The van der Waals surface area contributed by atoms with Crippen LogP contribution in [0.4, 0.5) is 13.2 Å². The Morgan fingerprint density at radius 3 is 2.71 bits per heavy atom. The van der Waals surface area contributed by atoms with Crippen LogP contribution >= 0.6 is 15.9 Å².